The van der Waals surface area contributed by atoms with Gasteiger partial charge in [-0.2, -0.15) is 0 Å². The molecule has 0 spiro atoms. The number of carbonyl (C=O) groups is 2. The first-order valence-electron chi connectivity index (χ1n) is 13.5. The molecule has 0 aliphatic carbocycles. The molecule has 14 heteroatoms. The number of halogens is 3. The number of rotatable bonds is 11. The normalized spacial score (nSPS) is 15.1. The maximum atomic E-state index is 12.5. The smallest absolute Gasteiger partial charge is 0.480 e. The van der Waals surface area contributed by atoms with Crippen molar-refractivity contribution in [3.05, 3.63) is 90.3 Å². The lowest BCUT2D eigenvalue weighted by Crippen LogP contribution is -2.38. The third-order valence-corrected chi connectivity index (χ3v) is 7.69. The van der Waals surface area contributed by atoms with Crippen molar-refractivity contribution in [1.82, 2.24) is 20.1 Å². The summed E-state index contributed by atoms with van der Waals surface area (Å²) in [5, 5.41) is 17.6. The van der Waals surface area contributed by atoms with Gasteiger partial charge >= 0.3 is 12.3 Å². The van der Waals surface area contributed by atoms with Crippen molar-refractivity contribution >= 4 is 34.5 Å². The summed E-state index contributed by atoms with van der Waals surface area (Å²) in [6.07, 6.45) is -2.52. The number of aliphatic imine (C=N–C) groups is 1. The summed E-state index contributed by atoms with van der Waals surface area (Å²) in [7, 11) is 0. The molecule has 0 bridgehead atoms. The summed E-state index contributed by atoms with van der Waals surface area (Å²) in [5.41, 5.74) is 3.84. The van der Waals surface area contributed by atoms with Crippen LogP contribution in [0.5, 0.6) is 5.75 Å². The molecular formula is C30H27F3N6O4S. The largest absolute Gasteiger partial charge is 0.573 e. The van der Waals surface area contributed by atoms with E-state index in [9.17, 15) is 27.9 Å². The Morgan fingerprint density at radius 2 is 1.84 bits per heavy atom. The van der Waals surface area contributed by atoms with Gasteiger partial charge in [0.2, 0.25) is 5.91 Å². The Balaban J connectivity index is 1.16. The number of aromatic nitrogens is 3. The van der Waals surface area contributed by atoms with E-state index in [0.717, 1.165) is 22.4 Å². The number of anilines is 1. The van der Waals surface area contributed by atoms with E-state index in [-0.39, 0.29) is 24.1 Å². The van der Waals surface area contributed by atoms with E-state index >= 15 is 0 Å². The second-order valence-corrected chi connectivity index (χ2v) is 10.7. The molecule has 1 amide bonds. The van der Waals surface area contributed by atoms with Crippen molar-refractivity contribution < 1.29 is 32.6 Å². The van der Waals surface area contributed by atoms with Crippen LogP contribution in [0.4, 0.5) is 18.9 Å². The summed E-state index contributed by atoms with van der Waals surface area (Å²) in [5.74, 6) is -0.716. The van der Waals surface area contributed by atoms with Gasteiger partial charge in [-0.1, -0.05) is 54.2 Å². The number of hydrogen-bond acceptors (Lipinski definition) is 8. The van der Waals surface area contributed by atoms with Gasteiger partial charge in [0.05, 0.1) is 23.8 Å². The zero-order chi connectivity index (χ0) is 31.3. The molecule has 10 nitrogen and oxygen atoms in total. The minimum atomic E-state index is -4.77. The summed E-state index contributed by atoms with van der Waals surface area (Å²) in [6, 6.07) is 19.3. The molecule has 1 unspecified atom stereocenters. The fraction of sp³-hybridized carbons (Fsp3) is 0.233. The minimum absolute atomic E-state index is 0.0420. The molecule has 2 N–H and O–H groups in total. The Hall–Kier alpha value is -4.69. The number of ether oxygens (including phenoxy) is 1. The molecule has 1 aliphatic heterocycles. The third kappa shape index (κ3) is 7.63. The first kappa shape index (κ1) is 30.8. The van der Waals surface area contributed by atoms with Crippen LogP contribution in [0.3, 0.4) is 0 Å². The quantitative estimate of drug-likeness (QED) is 0.233. The van der Waals surface area contributed by atoms with Gasteiger partial charge in [-0.3, -0.25) is 19.8 Å². The number of aliphatic carboxylic acids is 1. The summed E-state index contributed by atoms with van der Waals surface area (Å²) < 4.78 is 42.5. The number of benzene rings is 3. The predicted molar refractivity (Wildman–Crippen MR) is 160 cm³/mol. The van der Waals surface area contributed by atoms with Crippen molar-refractivity contribution in [2.24, 2.45) is 4.99 Å². The van der Waals surface area contributed by atoms with Gasteiger partial charge < -0.3 is 9.84 Å². The van der Waals surface area contributed by atoms with Crippen LogP contribution in [0.15, 0.2) is 84.1 Å². The highest BCUT2D eigenvalue weighted by Gasteiger charge is 2.31. The summed E-state index contributed by atoms with van der Waals surface area (Å²) >= 11 is 1.32. The standard InChI is InChI=1S/C30H27F3N6O4S/c1-19-4-2-3-5-25(19)39-26(40)16-44-29(39)35-17-34-24(28(41)42)15-8-20-6-9-21(10-7-20)27-36-18-38(37-27)22-11-13-23(14-12-22)43-30(31,32)33/h2-7,9-14,18,24,34H,8,15-17H2,1H3,(H,41,42)/b35-29-. The van der Waals surface area contributed by atoms with Crippen LogP contribution in [0, 0.1) is 6.92 Å². The van der Waals surface area contributed by atoms with Crippen LogP contribution in [0.25, 0.3) is 17.1 Å². The fourth-order valence-electron chi connectivity index (χ4n) is 4.52. The Kier molecular flexibility index (Phi) is 9.30. The van der Waals surface area contributed by atoms with Gasteiger partial charge in [0.1, 0.15) is 18.1 Å². The molecule has 4 aromatic rings. The van der Waals surface area contributed by atoms with Crippen molar-refractivity contribution in [2.75, 3.05) is 17.3 Å². The zero-order valence-electron chi connectivity index (χ0n) is 23.4. The van der Waals surface area contributed by atoms with Crippen molar-refractivity contribution in [3.63, 3.8) is 0 Å². The maximum Gasteiger partial charge on any atom is 0.573 e. The number of hydrogen-bond donors (Lipinski definition) is 2. The minimum Gasteiger partial charge on any atom is -0.480 e. The number of thioether (sulfide) groups is 1. The topological polar surface area (TPSA) is 122 Å². The molecule has 0 saturated carbocycles. The number of carboxylic acid groups (broad SMARTS) is 1. The van der Waals surface area contributed by atoms with E-state index in [2.05, 4.69) is 25.1 Å². The monoisotopic (exact) mass is 624 g/mol. The van der Waals surface area contributed by atoms with Crippen LogP contribution < -0.4 is 15.0 Å². The second kappa shape index (κ2) is 13.3. The highest BCUT2D eigenvalue weighted by molar-refractivity contribution is 8.15. The van der Waals surface area contributed by atoms with Gasteiger partial charge in [0.25, 0.3) is 0 Å². The predicted octanol–water partition coefficient (Wildman–Crippen LogP) is 5.21. The van der Waals surface area contributed by atoms with E-state index < -0.39 is 18.4 Å². The Morgan fingerprint density at radius 1 is 1.11 bits per heavy atom. The highest BCUT2D eigenvalue weighted by Crippen LogP contribution is 2.29. The average molecular weight is 625 g/mol. The van der Waals surface area contributed by atoms with Gasteiger partial charge in [-0.05, 0) is 61.2 Å². The van der Waals surface area contributed by atoms with Crippen LogP contribution in [0.1, 0.15) is 17.5 Å². The number of carboxylic acids is 1. The number of carbonyl (C=O) groups excluding carboxylic acids is 1. The van der Waals surface area contributed by atoms with Gasteiger partial charge in [0.15, 0.2) is 11.0 Å². The SMILES string of the molecule is Cc1ccccc1N1C(=O)CS/C1=N\CNC(CCc1ccc(-c2ncn(-c3ccc(OC(F)(F)F)cc3)n2)cc1)C(=O)O. The second-order valence-electron chi connectivity index (χ2n) is 9.79. The number of nitrogens with one attached hydrogen (secondary N) is 1. The molecule has 44 heavy (non-hydrogen) atoms. The van der Waals surface area contributed by atoms with Crippen LogP contribution in [-0.2, 0) is 16.0 Å². The first-order chi connectivity index (χ1) is 21.1. The third-order valence-electron chi connectivity index (χ3n) is 6.73. The fourth-order valence-corrected chi connectivity index (χ4v) is 5.38. The summed E-state index contributed by atoms with van der Waals surface area (Å²) in [4.78, 5) is 34.7. The molecule has 1 fully saturated rings. The Bertz CT molecular complexity index is 1660. The zero-order valence-corrected chi connectivity index (χ0v) is 24.2. The molecule has 0 radical (unpaired) electrons. The molecule has 1 atom stereocenters. The lowest BCUT2D eigenvalue weighted by atomic mass is 10.0. The van der Waals surface area contributed by atoms with Crippen LogP contribution in [0.2, 0.25) is 0 Å². The average Bonchev–Trinajstić information content (AvgIpc) is 3.62. The first-order valence-corrected chi connectivity index (χ1v) is 14.4. The lowest BCUT2D eigenvalue weighted by Gasteiger charge is -2.19. The number of amides is 1. The van der Waals surface area contributed by atoms with E-state index in [1.54, 1.807) is 4.90 Å². The molecule has 1 aliphatic rings. The Morgan fingerprint density at radius 3 is 2.52 bits per heavy atom. The molecule has 2 heterocycles. The molecule has 5 rings (SSSR count). The maximum absolute atomic E-state index is 12.5. The lowest BCUT2D eigenvalue weighted by molar-refractivity contribution is -0.274. The number of amidine groups is 1. The summed E-state index contributed by atoms with van der Waals surface area (Å²) in [6.45, 7) is 1.96. The number of nitrogens with zero attached hydrogens (tertiary/aromatic N) is 5. The van der Waals surface area contributed by atoms with Gasteiger partial charge in [-0.25, -0.2) is 14.7 Å². The van der Waals surface area contributed by atoms with Crippen LogP contribution in [-0.4, -0.2) is 61.7 Å². The van der Waals surface area contributed by atoms with E-state index in [4.69, 9.17) is 0 Å². The number of para-hydroxylation sites is 1. The van der Waals surface area contributed by atoms with Crippen LogP contribution >= 0.6 is 11.8 Å². The molecule has 1 aromatic heterocycles. The van der Waals surface area contributed by atoms with E-state index in [1.807, 2.05) is 55.5 Å². The van der Waals surface area contributed by atoms with Crippen molar-refractivity contribution in [3.8, 4) is 22.8 Å². The highest BCUT2D eigenvalue weighted by atomic mass is 32.2. The molecule has 3 aromatic carbocycles. The molecular weight excluding hydrogens is 597 g/mol. The van der Waals surface area contributed by atoms with E-state index in [0.29, 0.717) is 29.5 Å². The van der Waals surface area contributed by atoms with Crippen molar-refractivity contribution in [1.29, 1.82) is 0 Å². The van der Waals surface area contributed by atoms with Crippen molar-refractivity contribution in [2.45, 2.75) is 32.2 Å². The van der Waals surface area contributed by atoms with E-state index in [1.165, 1.54) is 47.0 Å². The Labute approximate surface area is 254 Å². The molecule has 1 saturated heterocycles. The van der Waals surface area contributed by atoms with Gasteiger partial charge in [-0.15, -0.1) is 18.3 Å². The van der Waals surface area contributed by atoms with Gasteiger partial charge in [0, 0.05) is 5.56 Å². The molecule has 228 valence electrons. The number of aryl methyl sites for hydroxylation is 2. The number of alkyl halides is 3.